The van der Waals surface area contributed by atoms with Crippen molar-refractivity contribution in [1.29, 1.82) is 5.26 Å². The standard InChI is InChI=1S/C33H34N6O4/c1-35-27-8-10-30(31(19-27)42-2)43-28-13-17-39(18-14-28)33(41)25-7-9-29(36-21-25)32(40)37-26-11-15-38(16-12-26)22-24-5-3-23(20-34)4-6-24/h3-10,19,21,26,28H,11-18,22H2,2H3,(H,37,40). The van der Waals surface area contributed by atoms with E-state index >= 15 is 0 Å². The van der Waals surface area contributed by atoms with Crippen LogP contribution in [0.2, 0.25) is 0 Å². The highest BCUT2D eigenvalue weighted by Gasteiger charge is 2.26. The molecule has 2 fully saturated rings. The van der Waals surface area contributed by atoms with Crippen LogP contribution in [-0.4, -0.2) is 72.0 Å². The van der Waals surface area contributed by atoms with Gasteiger partial charge in [0, 0.05) is 57.8 Å². The van der Waals surface area contributed by atoms with Gasteiger partial charge in [-0.3, -0.25) is 19.5 Å². The number of likely N-dealkylation sites (tertiary alicyclic amines) is 2. The molecule has 0 unspecified atom stereocenters. The number of nitrogens with one attached hydrogen (secondary N) is 1. The van der Waals surface area contributed by atoms with Crippen LogP contribution >= 0.6 is 0 Å². The Kier molecular flexibility index (Phi) is 9.50. The van der Waals surface area contributed by atoms with Gasteiger partial charge in [-0.05, 0) is 54.8 Å². The van der Waals surface area contributed by atoms with Gasteiger partial charge in [0.1, 0.15) is 17.5 Å². The maximum atomic E-state index is 13.1. The van der Waals surface area contributed by atoms with Crippen LogP contribution in [0.15, 0.2) is 60.8 Å². The second kappa shape index (κ2) is 13.8. The minimum Gasteiger partial charge on any atom is -0.494 e. The third-order valence-electron chi connectivity index (χ3n) is 7.95. The molecular weight excluding hydrogens is 544 g/mol. The lowest BCUT2D eigenvalue weighted by Crippen LogP contribution is -2.44. The van der Waals surface area contributed by atoms with Crippen LogP contribution in [0.25, 0.3) is 4.85 Å². The number of piperidine rings is 2. The second-order valence-electron chi connectivity index (χ2n) is 10.8. The van der Waals surface area contributed by atoms with Crippen molar-refractivity contribution in [2.24, 2.45) is 0 Å². The molecule has 2 saturated heterocycles. The summed E-state index contributed by atoms with van der Waals surface area (Å²) in [6.45, 7) is 10.8. The summed E-state index contributed by atoms with van der Waals surface area (Å²) in [5.41, 5.74) is 3.05. The highest BCUT2D eigenvalue weighted by atomic mass is 16.5. The van der Waals surface area contributed by atoms with Crippen LogP contribution in [0, 0.1) is 17.9 Å². The number of hydrogen-bond donors (Lipinski definition) is 1. The van der Waals surface area contributed by atoms with Gasteiger partial charge in [-0.1, -0.05) is 18.2 Å². The summed E-state index contributed by atoms with van der Waals surface area (Å²) in [6, 6.07) is 18.2. The zero-order valence-electron chi connectivity index (χ0n) is 24.2. The van der Waals surface area contributed by atoms with Crippen LogP contribution < -0.4 is 14.8 Å². The molecule has 0 saturated carbocycles. The van der Waals surface area contributed by atoms with E-state index in [9.17, 15) is 9.59 Å². The molecule has 0 bridgehead atoms. The number of ether oxygens (including phenoxy) is 2. The molecule has 220 valence electrons. The summed E-state index contributed by atoms with van der Waals surface area (Å²) in [4.78, 5) is 37.8. The number of carbonyl (C=O) groups excluding carboxylic acids is 2. The summed E-state index contributed by atoms with van der Waals surface area (Å²) in [6.07, 6.45) is 4.43. The van der Waals surface area contributed by atoms with E-state index in [-0.39, 0.29) is 24.0 Å². The number of methoxy groups -OCH3 is 1. The lowest BCUT2D eigenvalue weighted by molar-refractivity contribution is 0.0589. The van der Waals surface area contributed by atoms with E-state index in [2.05, 4.69) is 26.1 Å². The number of pyridine rings is 1. The molecule has 3 heterocycles. The Morgan fingerprint density at radius 3 is 2.40 bits per heavy atom. The number of rotatable bonds is 8. The van der Waals surface area contributed by atoms with Crippen LogP contribution in [0.3, 0.4) is 0 Å². The molecule has 2 aliphatic heterocycles. The monoisotopic (exact) mass is 578 g/mol. The van der Waals surface area contributed by atoms with Crippen molar-refractivity contribution in [2.75, 3.05) is 33.3 Å². The van der Waals surface area contributed by atoms with Gasteiger partial charge in [0.15, 0.2) is 11.4 Å². The number of benzene rings is 2. The Morgan fingerprint density at radius 1 is 1.02 bits per heavy atom. The van der Waals surface area contributed by atoms with Gasteiger partial charge in [-0.2, -0.15) is 5.26 Å². The smallest absolute Gasteiger partial charge is 0.270 e. The summed E-state index contributed by atoms with van der Waals surface area (Å²) in [7, 11) is 1.55. The van der Waals surface area contributed by atoms with Crippen molar-refractivity contribution in [2.45, 2.75) is 44.4 Å². The van der Waals surface area contributed by atoms with Crippen LogP contribution in [0.4, 0.5) is 5.69 Å². The van der Waals surface area contributed by atoms with E-state index in [1.165, 1.54) is 11.8 Å². The van der Waals surface area contributed by atoms with Gasteiger partial charge in [0.25, 0.3) is 11.8 Å². The molecule has 0 radical (unpaired) electrons. The summed E-state index contributed by atoms with van der Waals surface area (Å²) >= 11 is 0. The summed E-state index contributed by atoms with van der Waals surface area (Å²) in [5.74, 6) is 0.757. The fourth-order valence-electron chi connectivity index (χ4n) is 5.45. The highest BCUT2D eigenvalue weighted by molar-refractivity contribution is 5.96. The Hall–Kier alpha value is -4.93. The molecule has 10 heteroatoms. The molecule has 1 N–H and O–H groups in total. The number of hydrogen-bond acceptors (Lipinski definition) is 7. The molecule has 10 nitrogen and oxygen atoms in total. The van der Waals surface area contributed by atoms with Gasteiger partial charge in [-0.25, -0.2) is 4.85 Å². The minimum atomic E-state index is -0.234. The first-order valence-electron chi connectivity index (χ1n) is 14.5. The van der Waals surface area contributed by atoms with Crippen molar-refractivity contribution in [3.63, 3.8) is 0 Å². The van der Waals surface area contributed by atoms with Gasteiger partial charge in [0.05, 0.1) is 30.9 Å². The zero-order valence-corrected chi connectivity index (χ0v) is 24.2. The van der Waals surface area contributed by atoms with E-state index in [0.717, 1.165) is 32.5 Å². The van der Waals surface area contributed by atoms with Crippen molar-refractivity contribution in [3.8, 4) is 17.6 Å². The number of carbonyl (C=O) groups is 2. The Balaban J connectivity index is 1.06. The molecular formula is C33H34N6O4. The third-order valence-corrected chi connectivity index (χ3v) is 7.95. The summed E-state index contributed by atoms with van der Waals surface area (Å²) in [5, 5.41) is 12.1. The van der Waals surface area contributed by atoms with Crippen LogP contribution in [-0.2, 0) is 6.54 Å². The molecule has 0 spiro atoms. The predicted molar refractivity (Wildman–Crippen MR) is 160 cm³/mol. The molecule has 0 atom stereocenters. The molecule has 43 heavy (non-hydrogen) atoms. The number of nitriles is 1. The normalized spacial score (nSPS) is 16.1. The van der Waals surface area contributed by atoms with Crippen LogP contribution in [0.5, 0.6) is 11.5 Å². The molecule has 5 rings (SSSR count). The lowest BCUT2D eigenvalue weighted by Gasteiger charge is -2.32. The van der Waals surface area contributed by atoms with Gasteiger partial charge in [-0.15, -0.1) is 0 Å². The quantitative estimate of drug-likeness (QED) is 0.389. The van der Waals surface area contributed by atoms with E-state index in [0.29, 0.717) is 59.9 Å². The first-order valence-corrected chi connectivity index (χ1v) is 14.5. The molecule has 2 amide bonds. The Bertz CT molecular complexity index is 1510. The van der Waals surface area contributed by atoms with Crippen molar-refractivity contribution < 1.29 is 19.1 Å². The Labute approximate surface area is 251 Å². The molecule has 3 aromatic rings. The minimum absolute atomic E-state index is 0.0660. The SMILES string of the molecule is [C-]#[N+]c1ccc(OC2CCN(C(=O)c3ccc(C(=O)NC4CCN(Cc5ccc(C#N)cc5)CC4)nc3)CC2)c(OC)c1. The number of amides is 2. The van der Waals surface area contributed by atoms with Crippen LogP contribution in [0.1, 0.15) is 57.7 Å². The molecule has 0 aliphatic carbocycles. The van der Waals surface area contributed by atoms with Gasteiger partial charge < -0.3 is 19.7 Å². The van der Waals surface area contributed by atoms with Crippen molar-refractivity contribution in [3.05, 3.63) is 94.6 Å². The van der Waals surface area contributed by atoms with E-state index in [1.54, 1.807) is 42.3 Å². The lowest BCUT2D eigenvalue weighted by atomic mass is 10.0. The fourth-order valence-corrected chi connectivity index (χ4v) is 5.45. The Morgan fingerprint density at radius 2 is 1.77 bits per heavy atom. The molecule has 2 aliphatic rings. The maximum Gasteiger partial charge on any atom is 0.270 e. The summed E-state index contributed by atoms with van der Waals surface area (Å²) < 4.78 is 11.5. The molecule has 2 aromatic carbocycles. The average molecular weight is 579 g/mol. The zero-order chi connectivity index (χ0) is 30.2. The van der Waals surface area contributed by atoms with E-state index in [4.69, 9.17) is 21.3 Å². The second-order valence-corrected chi connectivity index (χ2v) is 10.8. The topological polar surface area (TPSA) is 112 Å². The van der Waals surface area contributed by atoms with Gasteiger partial charge >= 0.3 is 0 Å². The molecule has 1 aromatic heterocycles. The largest absolute Gasteiger partial charge is 0.494 e. The van der Waals surface area contributed by atoms with E-state index in [1.807, 2.05) is 24.3 Å². The first kappa shape index (κ1) is 29.6. The van der Waals surface area contributed by atoms with Crippen molar-refractivity contribution in [1.82, 2.24) is 20.1 Å². The first-order chi connectivity index (χ1) is 20.9. The highest BCUT2D eigenvalue weighted by Crippen LogP contribution is 2.33. The third kappa shape index (κ3) is 7.48. The van der Waals surface area contributed by atoms with Crippen molar-refractivity contribution >= 4 is 17.5 Å². The van der Waals surface area contributed by atoms with Gasteiger partial charge in [0.2, 0.25) is 0 Å². The number of aromatic nitrogens is 1. The number of nitrogens with zero attached hydrogens (tertiary/aromatic N) is 5. The fraction of sp³-hybridized carbons (Fsp3) is 0.364. The average Bonchev–Trinajstić information content (AvgIpc) is 3.06. The predicted octanol–water partition coefficient (Wildman–Crippen LogP) is 4.59. The van der Waals surface area contributed by atoms with E-state index < -0.39 is 0 Å². The maximum absolute atomic E-state index is 13.1.